The number of piperidine rings is 1. The summed E-state index contributed by atoms with van der Waals surface area (Å²) in [6.45, 7) is 6.90. The summed E-state index contributed by atoms with van der Waals surface area (Å²) < 4.78 is 2.17. The Morgan fingerprint density at radius 2 is 1.88 bits per heavy atom. The van der Waals surface area contributed by atoms with E-state index in [-0.39, 0.29) is 0 Å². The average Bonchev–Trinajstić information content (AvgIpc) is 2.81. The molecule has 0 spiro atoms. The molecule has 1 fully saturated rings. The fraction of sp³-hybridized carbons (Fsp3) is 0.571. The summed E-state index contributed by atoms with van der Waals surface area (Å²) in [6.07, 6.45) is 8.85. The van der Waals surface area contributed by atoms with E-state index < -0.39 is 0 Å². The quantitative estimate of drug-likeness (QED) is 0.916. The highest BCUT2D eigenvalue weighted by atomic mass is 15.3. The highest BCUT2D eigenvalue weighted by Crippen LogP contribution is 2.29. The summed E-state index contributed by atoms with van der Waals surface area (Å²) in [6, 6.07) is 8.57. The fourth-order valence-corrected chi connectivity index (χ4v) is 4.20. The monoisotopic (exact) mass is 338 g/mol. The van der Waals surface area contributed by atoms with Gasteiger partial charge in [-0.1, -0.05) is 24.6 Å². The van der Waals surface area contributed by atoms with Gasteiger partial charge in [0.25, 0.3) is 0 Å². The number of nitrogens with one attached hydrogen (secondary N) is 1. The molecule has 4 heteroatoms. The third-order valence-electron chi connectivity index (χ3n) is 5.67. The molecule has 1 aromatic heterocycles. The number of benzene rings is 1. The van der Waals surface area contributed by atoms with Crippen LogP contribution in [-0.4, -0.2) is 40.9 Å². The number of para-hydroxylation sites is 1. The minimum atomic E-state index is 1.05. The van der Waals surface area contributed by atoms with Crippen LogP contribution in [0, 0.1) is 6.92 Å². The van der Waals surface area contributed by atoms with Crippen molar-refractivity contribution in [3.05, 3.63) is 41.1 Å². The second-order valence-corrected chi connectivity index (χ2v) is 7.51. The number of nitrogens with zero attached hydrogens (tertiary/aromatic N) is 3. The lowest BCUT2D eigenvalue weighted by molar-refractivity contribution is 0.230. The van der Waals surface area contributed by atoms with Crippen LogP contribution >= 0.6 is 0 Å². The Morgan fingerprint density at radius 3 is 2.72 bits per heavy atom. The summed E-state index contributed by atoms with van der Waals surface area (Å²) >= 11 is 0. The van der Waals surface area contributed by atoms with E-state index in [4.69, 9.17) is 5.10 Å². The van der Waals surface area contributed by atoms with E-state index >= 15 is 0 Å². The number of aromatic nitrogens is 2. The molecule has 0 amide bonds. The standard InChI is InChI=1S/C21H30N4/c1-17-9-3-4-11-20(17)25-21-18(10-5-6-13-22-21)19(23-25)12-16-24-14-7-2-8-15-24/h3-4,9,11,22H,2,5-8,10,12-16H2,1H3. The van der Waals surface area contributed by atoms with Gasteiger partial charge in [-0.15, -0.1) is 0 Å². The van der Waals surface area contributed by atoms with Crippen molar-refractivity contribution in [2.75, 3.05) is 31.5 Å². The maximum absolute atomic E-state index is 5.08. The normalized spacial score (nSPS) is 18.4. The Balaban J connectivity index is 1.63. The van der Waals surface area contributed by atoms with Gasteiger partial charge in [-0.2, -0.15) is 5.10 Å². The van der Waals surface area contributed by atoms with E-state index in [1.165, 1.54) is 73.5 Å². The molecule has 2 aliphatic rings. The highest BCUT2D eigenvalue weighted by molar-refractivity contribution is 5.56. The lowest BCUT2D eigenvalue weighted by Crippen LogP contribution is -2.31. The number of hydrogen-bond donors (Lipinski definition) is 1. The van der Waals surface area contributed by atoms with E-state index in [9.17, 15) is 0 Å². The summed E-state index contributed by atoms with van der Waals surface area (Å²) in [5.74, 6) is 1.24. The van der Waals surface area contributed by atoms with Crippen molar-refractivity contribution in [1.82, 2.24) is 14.7 Å². The first-order valence-corrected chi connectivity index (χ1v) is 9.96. The van der Waals surface area contributed by atoms with Crippen LogP contribution in [0.4, 0.5) is 5.82 Å². The Labute approximate surface area is 151 Å². The van der Waals surface area contributed by atoms with Gasteiger partial charge in [0.05, 0.1) is 11.4 Å². The molecule has 0 bridgehead atoms. The molecule has 134 valence electrons. The van der Waals surface area contributed by atoms with Crippen molar-refractivity contribution in [2.45, 2.75) is 51.9 Å². The summed E-state index contributed by atoms with van der Waals surface area (Å²) in [5, 5.41) is 8.74. The molecule has 0 aliphatic carbocycles. The van der Waals surface area contributed by atoms with Crippen LogP contribution in [0.2, 0.25) is 0 Å². The van der Waals surface area contributed by atoms with Crippen LogP contribution < -0.4 is 5.32 Å². The van der Waals surface area contributed by atoms with Gasteiger partial charge in [0, 0.05) is 25.1 Å². The molecule has 0 saturated carbocycles. The second kappa shape index (κ2) is 7.61. The number of anilines is 1. The zero-order chi connectivity index (χ0) is 17.1. The van der Waals surface area contributed by atoms with Crippen LogP contribution in [0.3, 0.4) is 0 Å². The van der Waals surface area contributed by atoms with Gasteiger partial charge < -0.3 is 10.2 Å². The molecule has 0 radical (unpaired) electrons. The van der Waals surface area contributed by atoms with Crippen LogP contribution in [0.25, 0.3) is 5.69 Å². The molecular formula is C21H30N4. The van der Waals surface area contributed by atoms with Crippen molar-refractivity contribution >= 4 is 5.82 Å². The van der Waals surface area contributed by atoms with Crippen molar-refractivity contribution in [1.29, 1.82) is 0 Å². The molecule has 2 aromatic rings. The Morgan fingerprint density at radius 1 is 1.04 bits per heavy atom. The molecule has 1 aromatic carbocycles. The molecule has 4 rings (SSSR count). The molecule has 2 aliphatic heterocycles. The van der Waals surface area contributed by atoms with E-state index in [1.54, 1.807) is 0 Å². The summed E-state index contributed by atoms with van der Waals surface area (Å²) in [5.41, 5.74) is 5.25. The average molecular weight is 338 g/mol. The van der Waals surface area contributed by atoms with Gasteiger partial charge in [0.2, 0.25) is 0 Å². The molecule has 3 heterocycles. The molecular weight excluding hydrogens is 308 g/mol. The molecule has 4 nitrogen and oxygen atoms in total. The number of hydrogen-bond acceptors (Lipinski definition) is 3. The SMILES string of the molecule is Cc1ccccc1-n1nc(CCN2CCCCC2)c2c1NCCCC2. The topological polar surface area (TPSA) is 33.1 Å². The minimum Gasteiger partial charge on any atom is -0.370 e. The predicted octanol–water partition coefficient (Wildman–Crippen LogP) is 3.96. The minimum absolute atomic E-state index is 1.05. The number of likely N-dealkylation sites (tertiary alicyclic amines) is 1. The highest BCUT2D eigenvalue weighted by Gasteiger charge is 2.21. The van der Waals surface area contributed by atoms with E-state index in [0.717, 1.165) is 25.9 Å². The van der Waals surface area contributed by atoms with Crippen molar-refractivity contribution < 1.29 is 0 Å². The summed E-state index contributed by atoms with van der Waals surface area (Å²) in [4.78, 5) is 2.62. The van der Waals surface area contributed by atoms with Gasteiger partial charge in [0.15, 0.2) is 0 Å². The van der Waals surface area contributed by atoms with Crippen molar-refractivity contribution in [3.63, 3.8) is 0 Å². The number of aryl methyl sites for hydroxylation is 1. The van der Waals surface area contributed by atoms with E-state index in [0.29, 0.717) is 0 Å². The molecule has 1 saturated heterocycles. The van der Waals surface area contributed by atoms with Gasteiger partial charge >= 0.3 is 0 Å². The predicted molar refractivity (Wildman–Crippen MR) is 104 cm³/mol. The van der Waals surface area contributed by atoms with Crippen LogP contribution in [0.5, 0.6) is 0 Å². The lowest BCUT2D eigenvalue weighted by atomic mass is 10.1. The Hall–Kier alpha value is -1.81. The third-order valence-corrected chi connectivity index (χ3v) is 5.67. The zero-order valence-corrected chi connectivity index (χ0v) is 15.4. The van der Waals surface area contributed by atoms with E-state index in [1.807, 2.05) is 0 Å². The second-order valence-electron chi connectivity index (χ2n) is 7.51. The summed E-state index contributed by atoms with van der Waals surface area (Å²) in [7, 11) is 0. The van der Waals surface area contributed by atoms with Gasteiger partial charge in [-0.25, -0.2) is 4.68 Å². The van der Waals surface area contributed by atoms with E-state index in [2.05, 4.69) is 46.1 Å². The fourth-order valence-electron chi connectivity index (χ4n) is 4.20. The molecule has 1 N–H and O–H groups in total. The molecule has 0 unspecified atom stereocenters. The Bertz CT molecular complexity index is 713. The van der Waals surface area contributed by atoms with Gasteiger partial charge in [-0.3, -0.25) is 0 Å². The maximum Gasteiger partial charge on any atom is 0.133 e. The first-order chi connectivity index (χ1) is 12.3. The lowest BCUT2D eigenvalue weighted by Gasteiger charge is -2.26. The first kappa shape index (κ1) is 16.6. The molecule has 25 heavy (non-hydrogen) atoms. The van der Waals surface area contributed by atoms with Crippen molar-refractivity contribution in [2.24, 2.45) is 0 Å². The third kappa shape index (κ3) is 3.59. The van der Waals surface area contributed by atoms with Crippen molar-refractivity contribution in [3.8, 4) is 5.69 Å². The zero-order valence-electron chi connectivity index (χ0n) is 15.4. The van der Waals surface area contributed by atoms with Gasteiger partial charge in [0.1, 0.15) is 5.82 Å². The van der Waals surface area contributed by atoms with Crippen LogP contribution in [0.1, 0.15) is 48.9 Å². The van der Waals surface area contributed by atoms with Gasteiger partial charge in [-0.05, 0) is 63.7 Å². The van der Waals surface area contributed by atoms with Crippen LogP contribution in [-0.2, 0) is 12.8 Å². The smallest absolute Gasteiger partial charge is 0.133 e. The van der Waals surface area contributed by atoms with Crippen LogP contribution in [0.15, 0.2) is 24.3 Å². The number of fused-ring (bicyclic) bond motifs is 1. The maximum atomic E-state index is 5.08. The molecule has 0 atom stereocenters. The first-order valence-electron chi connectivity index (χ1n) is 9.96. The number of rotatable bonds is 4. The Kier molecular flexibility index (Phi) is 5.07. The largest absolute Gasteiger partial charge is 0.370 e.